The first kappa shape index (κ1) is 67.5. The van der Waals surface area contributed by atoms with Gasteiger partial charge in [0, 0.05) is 191 Å². The number of hydrogen-bond acceptors (Lipinski definition) is 0. The van der Waals surface area contributed by atoms with Gasteiger partial charge in [-0.25, -0.2) is 0 Å². The molecule has 0 saturated heterocycles. The highest BCUT2D eigenvalue weighted by Crippen LogP contribution is 2.47. The highest BCUT2D eigenvalue weighted by molar-refractivity contribution is 7.89. The number of aryl methyl sites for hydroxylation is 7. The van der Waals surface area contributed by atoms with Crippen LogP contribution in [0.2, 0.25) is 0 Å². The Labute approximate surface area is 525 Å². The maximum Gasteiger partial charge on any atom is 0.113 e. The Hall–Kier alpha value is -2.02. The van der Waals surface area contributed by atoms with Gasteiger partial charge in [-0.15, -0.1) is 10.9 Å². The van der Waals surface area contributed by atoms with Crippen molar-refractivity contribution < 1.29 is 0 Å². The summed E-state index contributed by atoms with van der Waals surface area (Å²) in [7, 11) is 130. The Morgan fingerprint density at radius 3 is 1.27 bits per heavy atom. The molecule has 0 aliphatic heterocycles. The van der Waals surface area contributed by atoms with Gasteiger partial charge in [0.1, 0.15) is 7.85 Å². The monoisotopic (exact) mass is 999 g/mol. The zero-order valence-corrected chi connectivity index (χ0v) is 51.2. The second kappa shape index (κ2) is 25.6. The first-order valence-electron chi connectivity index (χ1n) is 28.5. The van der Waals surface area contributed by atoms with Crippen LogP contribution in [0.4, 0.5) is 0 Å². The molecule has 6 aromatic carbocycles. The fourth-order valence-corrected chi connectivity index (χ4v) is 14.8. The van der Waals surface area contributed by atoms with E-state index in [1.54, 1.807) is 0 Å². The molecule has 1 aliphatic carbocycles. The summed E-state index contributed by atoms with van der Waals surface area (Å²) in [4.78, 5) is 0. The molecule has 2 atom stereocenters. The van der Waals surface area contributed by atoms with E-state index in [0.717, 1.165) is 32.5 Å². The van der Waals surface area contributed by atoms with Crippen LogP contribution in [0.5, 0.6) is 0 Å². The van der Waals surface area contributed by atoms with E-state index in [2.05, 4.69) is 104 Å². The molecule has 0 nitrogen and oxygen atoms in total. The van der Waals surface area contributed by atoms with Crippen molar-refractivity contribution in [2.45, 2.75) is 104 Å². The third-order valence-corrected chi connectivity index (χ3v) is 19.9. The van der Waals surface area contributed by atoms with Crippen molar-refractivity contribution in [3.05, 3.63) is 82.8 Å². The van der Waals surface area contributed by atoms with Crippen molar-refractivity contribution in [1.82, 2.24) is 0 Å². The zero-order valence-electron chi connectivity index (χ0n) is 51.2. The summed E-state index contributed by atoms with van der Waals surface area (Å²) in [6, 6.07) is 0. The third kappa shape index (κ3) is 10.5. The number of rotatable bonds is 17. The smallest absolute Gasteiger partial charge is 0.113 e. The Bertz CT molecular complexity index is 3700. The second-order valence-electron chi connectivity index (χ2n) is 24.0. The van der Waals surface area contributed by atoms with Gasteiger partial charge in [0.2, 0.25) is 0 Å². The highest BCUT2D eigenvalue weighted by atomic mass is 14.4. The summed E-state index contributed by atoms with van der Waals surface area (Å²) in [5.74, 6) is -0.269. The van der Waals surface area contributed by atoms with E-state index < -0.39 is 70.8 Å². The molecule has 0 amide bonds. The largest absolute Gasteiger partial charge is 0.113 e. The first-order chi connectivity index (χ1) is 38.2. The number of hydrogen-bond donors (Lipinski definition) is 0. The average molecular weight is 993 g/mol. The summed E-state index contributed by atoms with van der Waals surface area (Å²) in [5.41, 5.74) is 22.3. The fraction of sp³-hybridized carbons (Fsp3) is 0.347. The van der Waals surface area contributed by atoms with Crippen molar-refractivity contribution in [3.8, 4) is 11.1 Å². The molecule has 2 unspecified atom stereocenters. The molecule has 82 heavy (non-hydrogen) atoms. The van der Waals surface area contributed by atoms with E-state index in [1.165, 1.54) is 117 Å². The zero-order chi connectivity index (χ0) is 61.8. The second-order valence-corrected chi connectivity index (χ2v) is 24.0. The summed E-state index contributed by atoms with van der Waals surface area (Å²) >= 11 is 0. The normalized spacial score (nSPS) is 13.9. The summed E-state index contributed by atoms with van der Waals surface area (Å²) in [6.07, 6.45) is -7.31. The van der Waals surface area contributed by atoms with Crippen LogP contribution >= 0.6 is 0 Å². The summed E-state index contributed by atoms with van der Waals surface area (Å²) in [6.45, 7) is 28.2. The molecule has 0 spiro atoms. The topological polar surface area (TPSA) is 0 Å². The summed E-state index contributed by atoms with van der Waals surface area (Å²) < 4.78 is 0. The molecule has 40 radical (unpaired) electrons. The Balaban J connectivity index is 1.94. The van der Waals surface area contributed by atoms with Crippen LogP contribution in [0.25, 0.3) is 54.6 Å². The minimum Gasteiger partial charge on any atom is -0.113 e. The Kier molecular flexibility index (Phi) is 21.1. The van der Waals surface area contributed by atoms with Gasteiger partial charge >= 0.3 is 0 Å². The van der Waals surface area contributed by atoms with Gasteiger partial charge in [-0.3, -0.25) is 0 Å². The molecule has 33 heteroatoms. The predicted octanol–water partition coefficient (Wildman–Crippen LogP) is -6.17. The number of fused-ring (bicyclic) bond motifs is 4. The van der Waals surface area contributed by atoms with E-state index in [1.807, 2.05) is 0 Å². The lowest BCUT2D eigenvalue weighted by molar-refractivity contribution is 0.574. The lowest BCUT2D eigenvalue weighted by Crippen LogP contribution is -2.80. The van der Waals surface area contributed by atoms with Gasteiger partial charge in [-0.1, -0.05) is 46.7 Å². The van der Waals surface area contributed by atoms with Gasteiger partial charge in [-0.05, 0) is 234 Å². The Morgan fingerprint density at radius 1 is 0.354 bits per heavy atom. The molecule has 0 heterocycles. The minimum absolute atomic E-state index is 0.0551. The molecule has 0 saturated carbocycles. The van der Waals surface area contributed by atoms with E-state index in [4.69, 9.17) is 139 Å². The van der Waals surface area contributed by atoms with Crippen LogP contribution in [0.1, 0.15) is 93.1 Å². The maximum absolute atomic E-state index is 7.87. The van der Waals surface area contributed by atoms with Crippen LogP contribution in [0.3, 0.4) is 0 Å². The van der Waals surface area contributed by atoms with E-state index in [-0.39, 0.29) is 22.8 Å². The lowest BCUT2D eigenvalue weighted by Gasteiger charge is -2.43. The average Bonchev–Trinajstić information content (AvgIpc) is 1.31. The van der Waals surface area contributed by atoms with Crippen molar-refractivity contribution in [3.63, 3.8) is 0 Å². The quantitative estimate of drug-likeness (QED) is 0.0801. The molecule has 1 aliphatic rings. The first-order valence-corrected chi connectivity index (χ1v) is 28.5. The van der Waals surface area contributed by atoms with E-state index in [9.17, 15) is 0 Å². The van der Waals surface area contributed by atoms with Gasteiger partial charge in [-0.2, -0.15) is 0 Å². The standard InChI is InChI=1S/C49H47B33/c1-16-17(2)21(6)32-28(13)35(27(12)26(11)31(32)20(16)5)36-24(9)18(3)22(7)33-30(15)39-34(29(14)38(33)36)23(8)19(4)25(10)37(39)41-44(68-51)43(50)40-42(45(41)72(55)69-52)46(73(56)77(57)58)48(74(70-53)78(59)60)49(75(79(61)62)80(63)64)47(40)76(81(65)66)82(67)71-54/h19,25H,1-15H3. The third-order valence-electron chi connectivity index (χ3n) is 19.9. The van der Waals surface area contributed by atoms with Gasteiger partial charge < -0.3 is 0 Å². The lowest BCUT2D eigenvalue weighted by atomic mass is 8.66. The van der Waals surface area contributed by atoms with Crippen molar-refractivity contribution in [2.75, 3.05) is 0 Å². The molecule has 0 fully saturated rings. The van der Waals surface area contributed by atoms with Crippen molar-refractivity contribution in [2.24, 2.45) is 11.8 Å². The molecule has 0 aromatic heterocycles. The van der Waals surface area contributed by atoms with Gasteiger partial charge in [0.05, 0.1) is 39.6 Å². The molecule has 0 N–H and O–H groups in total. The summed E-state index contributed by atoms with van der Waals surface area (Å²) in [5, 5.41) is 7.79. The van der Waals surface area contributed by atoms with E-state index in [0.29, 0.717) is 43.6 Å². The van der Waals surface area contributed by atoms with Crippen molar-refractivity contribution in [1.29, 1.82) is 0 Å². The molecular formula is C49H47B33. The van der Waals surface area contributed by atoms with E-state index >= 15 is 0 Å². The van der Waals surface area contributed by atoms with Crippen LogP contribution in [-0.2, 0) is 0 Å². The van der Waals surface area contributed by atoms with Gasteiger partial charge in [0.15, 0.2) is 0 Å². The number of benzene rings is 6. The van der Waals surface area contributed by atoms with Crippen LogP contribution in [-0.4, -0.2) is 239 Å². The van der Waals surface area contributed by atoms with Crippen LogP contribution < -0.4 is 48.7 Å². The fourth-order valence-electron chi connectivity index (χ4n) is 14.8. The van der Waals surface area contributed by atoms with Crippen LogP contribution in [0.15, 0.2) is 0 Å². The Morgan fingerprint density at radius 2 is 0.817 bits per heavy atom. The molecule has 6 aromatic rings. The molecular weight excluding hydrogens is 945 g/mol. The highest BCUT2D eigenvalue weighted by Gasteiger charge is 2.43. The molecule has 0 bridgehead atoms. The molecule has 7 rings (SSSR count). The molecule has 342 valence electrons. The van der Waals surface area contributed by atoms with Gasteiger partial charge in [0.25, 0.3) is 0 Å². The SMILES string of the molecule is [B][B]B([B])B(B([B])[B])c1c(B(B([B])[B])B([B])[B])c(B([B][B])B([B])[B])c(B([B])B([B])[B])c2c(B([B])[B][B])c(C3=c4c(C)c5c(C)c(C)c(C)c(-c6c(C)c(C)c7c(C)c(C)c(C)c(C)c7c6C)c5c(C)c4=C(C)C(C)C3C)c([B][B])c([B])c12. The minimum atomic E-state index is -1.26. The van der Waals surface area contributed by atoms with Crippen LogP contribution in [0, 0.1) is 94.9 Å². The predicted molar refractivity (Wildman–Crippen MR) is 404 cm³/mol. The maximum atomic E-state index is 7.87. The van der Waals surface area contributed by atoms with Crippen molar-refractivity contribution >= 4 is 320 Å².